The van der Waals surface area contributed by atoms with E-state index in [9.17, 15) is 19.5 Å². The molecule has 280 valence electrons. The van der Waals surface area contributed by atoms with Gasteiger partial charge in [-0.2, -0.15) is 0 Å². The minimum Gasteiger partial charge on any atom is -0.493 e. The van der Waals surface area contributed by atoms with Gasteiger partial charge in [0.15, 0.2) is 11.5 Å². The summed E-state index contributed by atoms with van der Waals surface area (Å²) in [6, 6.07) is 4.40. The number of carbonyl (C=O) groups is 3. The average Bonchev–Trinajstić information content (AvgIpc) is 3.07. The van der Waals surface area contributed by atoms with Gasteiger partial charge in [0.25, 0.3) is 0 Å². The van der Waals surface area contributed by atoms with Crippen LogP contribution in [0, 0.1) is 29.6 Å². The van der Waals surface area contributed by atoms with Gasteiger partial charge in [-0.05, 0) is 73.5 Å². The summed E-state index contributed by atoms with van der Waals surface area (Å²) in [6.45, 7) is 13.9. The zero-order valence-corrected chi connectivity index (χ0v) is 31.1. The Bertz CT molecular complexity index is 1140. The predicted octanol–water partition coefficient (Wildman–Crippen LogP) is 3.22. The molecule has 6 N–H and O–H groups in total. The number of nitrogens with one attached hydrogen (secondary N) is 3. The molecular weight excluding hydrogens is 628 g/mol. The maximum Gasteiger partial charge on any atom is 0.243 e. The van der Waals surface area contributed by atoms with Crippen LogP contribution in [0.15, 0.2) is 18.2 Å². The Morgan fingerprint density at radius 3 is 2.18 bits per heavy atom. The van der Waals surface area contributed by atoms with Gasteiger partial charge in [-0.3, -0.25) is 14.4 Å². The van der Waals surface area contributed by atoms with Crippen molar-refractivity contribution in [2.45, 2.75) is 104 Å². The summed E-state index contributed by atoms with van der Waals surface area (Å²) in [7, 11) is 3.27. The predicted molar refractivity (Wildman–Crippen MR) is 190 cm³/mol. The molecule has 1 saturated heterocycles. The molecule has 2 rings (SSSR count). The van der Waals surface area contributed by atoms with Crippen molar-refractivity contribution in [3.05, 3.63) is 23.8 Å². The highest BCUT2D eigenvalue weighted by Crippen LogP contribution is 2.32. The number of aliphatic hydroxyl groups excluding tert-OH is 1. The lowest BCUT2D eigenvalue weighted by atomic mass is 9.80. The first-order valence-corrected chi connectivity index (χ1v) is 18.0. The van der Waals surface area contributed by atoms with Gasteiger partial charge < -0.3 is 45.7 Å². The number of methoxy groups -OCH3 is 2. The Morgan fingerprint density at radius 2 is 1.61 bits per heavy atom. The van der Waals surface area contributed by atoms with Crippen LogP contribution in [0.1, 0.15) is 79.2 Å². The molecule has 49 heavy (non-hydrogen) atoms. The molecule has 0 unspecified atom stereocenters. The number of hydrogen-bond donors (Lipinski definition) is 5. The summed E-state index contributed by atoms with van der Waals surface area (Å²) < 4.78 is 22.2. The summed E-state index contributed by atoms with van der Waals surface area (Å²) in [6.07, 6.45) is 2.51. The first kappa shape index (κ1) is 42.2. The molecule has 1 aromatic carbocycles. The first-order chi connectivity index (χ1) is 23.3. The number of amides is 3. The van der Waals surface area contributed by atoms with Crippen LogP contribution in [0.4, 0.5) is 0 Å². The van der Waals surface area contributed by atoms with Crippen molar-refractivity contribution < 1.29 is 38.4 Å². The Kier molecular flexibility index (Phi) is 19.0. The van der Waals surface area contributed by atoms with Gasteiger partial charge in [-0.15, -0.1) is 0 Å². The number of benzene rings is 1. The topological polar surface area (TPSA) is 170 Å². The Hall–Kier alpha value is -2.93. The molecular formula is C37H64N4O8. The second-order valence-corrected chi connectivity index (χ2v) is 14.3. The molecule has 1 heterocycles. The van der Waals surface area contributed by atoms with E-state index < -0.39 is 35.9 Å². The third-order valence-electron chi connectivity index (χ3n) is 9.42. The molecule has 0 saturated carbocycles. The summed E-state index contributed by atoms with van der Waals surface area (Å²) in [5.74, 6) is -0.137. The molecule has 12 nitrogen and oxygen atoms in total. The number of nitrogens with two attached hydrogens (primary N) is 1. The van der Waals surface area contributed by atoms with Crippen LogP contribution >= 0.6 is 0 Å². The van der Waals surface area contributed by atoms with Gasteiger partial charge >= 0.3 is 0 Å². The number of ether oxygens (including phenoxy) is 4. The summed E-state index contributed by atoms with van der Waals surface area (Å²) in [4.78, 5) is 39.5. The van der Waals surface area contributed by atoms with Crippen LogP contribution in [-0.2, 0) is 30.3 Å². The van der Waals surface area contributed by atoms with Gasteiger partial charge in [-0.25, -0.2) is 0 Å². The van der Waals surface area contributed by atoms with Crippen LogP contribution in [0.25, 0.3) is 0 Å². The molecule has 1 aliphatic rings. The molecule has 1 aliphatic heterocycles. The Balaban J connectivity index is 2.36. The van der Waals surface area contributed by atoms with Crippen molar-refractivity contribution >= 4 is 17.7 Å². The van der Waals surface area contributed by atoms with Crippen LogP contribution in [0.2, 0.25) is 0 Å². The van der Waals surface area contributed by atoms with E-state index in [1.807, 2.05) is 45.9 Å². The van der Waals surface area contributed by atoms with E-state index in [4.69, 9.17) is 24.7 Å². The fraction of sp³-hybridized carbons (Fsp3) is 0.757. The zero-order valence-electron chi connectivity index (χ0n) is 31.1. The molecule has 1 aromatic rings. The quantitative estimate of drug-likeness (QED) is 0.115. The van der Waals surface area contributed by atoms with Crippen LogP contribution in [-0.4, -0.2) is 94.2 Å². The lowest BCUT2D eigenvalue weighted by Gasteiger charge is -2.34. The largest absolute Gasteiger partial charge is 0.493 e. The van der Waals surface area contributed by atoms with Crippen molar-refractivity contribution in [2.24, 2.45) is 35.3 Å². The standard InChI is InChI=1S/C37H64N4O8/c1-23(2)27(18-26-10-11-32(47-8)33(19-26)49-15-9-14-46-7)20-30(40-37(45)35(25(5)6)41-34(43)22-38)31(42)21-29(24(3)4)36(44)39-28-12-16-48-17-13-28/h10-11,19,23-25,27-31,35,42H,9,12-18,20-22,38H2,1-8H3,(H,39,44)(H,40,45)(H,41,43)/t27-,29-,30-,31-,35-/m0/s1. The molecule has 0 aromatic heterocycles. The molecule has 0 bridgehead atoms. The maximum absolute atomic E-state index is 13.7. The summed E-state index contributed by atoms with van der Waals surface area (Å²) >= 11 is 0. The minimum absolute atomic E-state index is 0.0387. The molecule has 0 spiro atoms. The fourth-order valence-corrected chi connectivity index (χ4v) is 6.17. The van der Waals surface area contributed by atoms with Gasteiger partial charge in [0.2, 0.25) is 17.7 Å². The second-order valence-electron chi connectivity index (χ2n) is 14.3. The van der Waals surface area contributed by atoms with Crippen LogP contribution in [0.3, 0.4) is 0 Å². The summed E-state index contributed by atoms with van der Waals surface area (Å²) in [5.41, 5.74) is 6.57. The van der Waals surface area contributed by atoms with E-state index in [0.717, 1.165) is 24.8 Å². The monoisotopic (exact) mass is 692 g/mol. The van der Waals surface area contributed by atoms with Crippen molar-refractivity contribution in [3.8, 4) is 11.5 Å². The molecule has 0 aliphatic carbocycles. The number of hydrogen-bond acceptors (Lipinski definition) is 9. The van der Waals surface area contributed by atoms with Gasteiger partial charge in [0.05, 0.1) is 32.4 Å². The SMILES string of the molecule is COCCCOc1cc(C[C@@H](C[C@H](NC(=O)[C@@H](NC(=O)CN)C(C)C)[C@@H](O)C[C@H](C(=O)NC2CCOCC2)C(C)C)C(C)C)ccc1OC. The maximum atomic E-state index is 13.7. The van der Waals surface area contributed by atoms with E-state index >= 15 is 0 Å². The smallest absolute Gasteiger partial charge is 0.243 e. The van der Waals surface area contributed by atoms with Crippen LogP contribution in [0.5, 0.6) is 11.5 Å². The molecule has 5 atom stereocenters. The number of aliphatic hydroxyl groups is 1. The van der Waals surface area contributed by atoms with Crippen molar-refractivity contribution in [3.63, 3.8) is 0 Å². The van der Waals surface area contributed by atoms with Gasteiger partial charge in [-0.1, -0.05) is 47.6 Å². The van der Waals surface area contributed by atoms with Crippen molar-refractivity contribution in [1.82, 2.24) is 16.0 Å². The van der Waals surface area contributed by atoms with Crippen LogP contribution < -0.4 is 31.2 Å². The Labute approximate surface area is 293 Å². The van der Waals surface area contributed by atoms with E-state index in [2.05, 4.69) is 29.8 Å². The molecule has 0 radical (unpaired) electrons. The van der Waals surface area contributed by atoms with Crippen molar-refractivity contribution in [1.29, 1.82) is 0 Å². The number of carbonyl (C=O) groups excluding carboxylic acids is 3. The Morgan fingerprint density at radius 1 is 0.918 bits per heavy atom. The third-order valence-corrected chi connectivity index (χ3v) is 9.42. The number of rotatable bonds is 22. The highest BCUT2D eigenvalue weighted by Gasteiger charge is 2.35. The normalized spacial score (nSPS) is 16.9. The highest BCUT2D eigenvalue weighted by atomic mass is 16.5. The lowest BCUT2D eigenvalue weighted by molar-refractivity contribution is -0.131. The van der Waals surface area contributed by atoms with Gasteiger partial charge in [0, 0.05) is 45.3 Å². The van der Waals surface area contributed by atoms with E-state index in [0.29, 0.717) is 50.8 Å². The van der Waals surface area contributed by atoms with E-state index in [1.165, 1.54) is 0 Å². The fourth-order valence-electron chi connectivity index (χ4n) is 6.17. The first-order valence-electron chi connectivity index (χ1n) is 18.0. The highest BCUT2D eigenvalue weighted by molar-refractivity contribution is 5.88. The molecule has 1 fully saturated rings. The third kappa shape index (κ3) is 14.4. The molecule has 12 heteroatoms. The van der Waals surface area contributed by atoms with Crippen molar-refractivity contribution in [2.75, 3.05) is 47.2 Å². The zero-order chi connectivity index (χ0) is 36.5. The second kappa shape index (κ2) is 22.0. The van der Waals surface area contributed by atoms with Gasteiger partial charge in [0.1, 0.15) is 6.04 Å². The summed E-state index contributed by atoms with van der Waals surface area (Å²) in [5, 5.41) is 20.8. The lowest BCUT2D eigenvalue weighted by Crippen LogP contribution is -2.56. The minimum atomic E-state index is -1.02. The molecule has 3 amide bonds. The van der Waals surface area contributed by atoms with E-state index in [1.54, 1.807) is 14.2 Å². The average molecular weight is 693 g/mol. The van der Waals surface area contributed by atoms with E-state index in [-0.39, 0.29) is 48.6 Å².